The van der Waals surface area contributed by atoms with Crippen molar-refractivity contribution in [3.8, 4) is 0 Å². The molecule has 26 heavy (non-hydrogen) atoms. The number of hydrogen-bond donors (Lipinski definition) is 0. The van der Waals surface area contributed by atoms with E-state index in [9.17, 15) is 17.4 Å². The molecular formula is C19H17F3N2OS. The van der Waals surface area contributed by atoms with Crippen molar-refractivity contribution in [1.29, 1.82) is 0 Å². The molecule has 1 aliphatic heterocycles. The van der Waals surface area contributed by atoms with E-state index in [1.54, 1.807) is 6.20 Å². The molecule has 0 N–H and O–H groups in total. The summed E-state index contributed by atoms with van der Waals surface area (Å²) in [4.78, 5) is 2.02. The fraction of sp³-hybridized carbons (Fsp3) is 0.263. The lowest BCUT2D eigenvalue weighted by atomic mass is 10.0. The first-order chi connectivity index (χ1) is 12.4. The lowest BCUT2D eigenvalue weighted by molar-refractivity contribution is -0.139. The lowest BCUT2D eigenvalue weighted by Crippen LogP contribution is -2.25. The molecule has 3 aromatic rings. The highest BCUT2D eigenvalue weighted by atomic mass is 32.2. The van der Waals surface area contributed by atoms with Crippen molar-refractivity contribution >= 4 is 21.9 Å². The van der Waals surface area contributed by atoms with Crippen molar-refractivity contribution in [2.75, 3.05) is 6.54 Å². The molecule has 0 radical (unpaired) electrons. The van der Waals surface area contributed by atoms with Crippen LogP contribution in [-0.4, -0.2) is 19.6 Å². The highest BCUT2D eigenvalue weighted by molar-refractivity contribution is 7.83. The molecule has 0 amide bonds. The van der Waals surface area contributed by atoms with Crippen molar-refractivity contribution in [3.05, 3.63) is 65.4 Å². The van der Waals surface area contributed by atoms with Crippen LogP contribution in [0.5, 0.6) is 0 Å². The molecule has 1 aromatic heterocycles. The van der Waals surface area contributed by atoms with Crippen LogP contribution in [0.3, 0.4) is 0 Å². The normalized spacial score (nSPS) is 16.2. The van der Waals surface area contributed by atoms with Gasteiger partial charge in [-0.3, -0.25) is 8.87 Å². The monoisotopic (exact) mass is 378 g/mol. The smallest absolute Gasteiger partial charge is 0.295 e. The van der Waals surface area contributed by atoms with Gasteiger partial charge in [-0.05, 0) is 35.9 Å². The number of aromatic nitrogens is 1. The van der Waals surface area contributed by atoms with E-state index in [-0.39, 0.29) is 4.90 Å². The Hall–Kier alpha value is -2.12. The minimum Gasteiger partial charge on any atom is -0.295 e. The predicted octanol–water partition coefficient (Wildman–Crippen LogP) is 4.57. The molecule has 0 fully saturated rings. The van der Waals surface area contributed by atoms with E-state index in [2.05, 4.69) is 11.8 Å². The maximum absolute atomic E-state index is 13.3. The Morgan fingerprint density at radius 2 is 1.77 bits per heavy atom. The Labute approximate surface area is 151 Å². The van der Waals surface area contributed by atoms with E-state index in [1.165, 1.54) is 22.2 Å². The molecule has 7 heteroatoms. The van der Waals surface area contributed by atoms with Gasteiger partial charge in [0.2, 0.25) is 0 Å². The first-order valence-corrected chi connectivity index (χ1v) is 9.43. The first-order valence-electron chi connectivity index (χ1n) is 8.33. The lowest BCUT2D eigenvalue weighted by Gasteiger charge is -2.25. The van der Waals surface area contributed by atoms with E-state index in [0.717, 1.165) is 35.7 Å². The summed E-state index contributed by atoms with van der Waals surface area (Å²) in [6, 6.07) is 10.8. The molecule has 136 valence electrons. The Kier molecular flexibility index (Phi) is 4.16. The topological polar surface area (TPSA) is 25.2 Å². The molecule has 1 atom stereocenters. The molecule has 2 aromatic carbocycles. The van der Waals surface area contributed by atoms with E-state index in [1.807, 2.05) is 18.2 Å². The van der Waals surface area contributed by atoms with Gasteiger partial charge in [0, 0.05) is 24.7 Å². The molecule has 3 nitrogen and oxygen atoms in total. The highest BCUT2D eigenvalue weighted by Crippen LogP contribution is 2.36. The minimum atomic E-state index is -4.55. The second-order valence-corrected chi connectivity index (χ2v) is 7.67. The van der Waals surface area contributed by atoms with Gasteiger partial charge < -0.3 is 0 Å². The van der Waals surface area contributed by atoms with E-state index in [0.29, 0.717) is 12.1 Å². The number of hydrogen-bond acceptors (Lipinski definition) is 2. The summed E-state index contributed by atoms with van der Waals surface area (Å²) >= 11 is 0. The van der Waals surface area contributed by atoms with Gasteiger partial charge in [0.15, 0.2) is 11.0 Å². The van der Waals surface area contributed by atoms with Gasteiger partial charge in [-0.15, -0.1) is 0 Å². The largest absolute Gasteiger partial charge is 0.417 e. The Morgan fingerprint density at radius 3 is 2.50 bits per heavy atom. The molecule has 4 rings (SSSR count). The Bertz CT molecular complexity index is 1010. The zero-order valence-corrected chi connectivity index (χ0v) is 14.9. The fourth-order valence-corrected chi connectivity index (χ4v) is 4.86. The second-order valence-electron chi connectivity index (χ2n) is 6.34. The van der Waals surface area contributed by atoms with Gasteiger partial charge in [0.25, 0.3) is 0 Å². The maximum atomic E-state index is 13.3. The average Bonchev–Trinajstić information content (AvgIpc) is 3.00. The molecule has 1 aliphatic rings. The number of benzene rings is 2. The van der Waals surface area contributed by atoms with Crippen LogP contribution in [0.1, 0.15) is 23.6 Å². The summed E-state index contributed by atoms with van der Waals surface area (Å²) in [5, 5.41) is 1.01. The third-order valence-corrected chi connectivity index (χ3v) is 6.15. The van der Waals surface area contributed by atoms with Gasteiger partial charge in [0.05, 0.1) is 16.0 Å². The van der Waals surface area contributed by atoms with Crippen LogP contribution < -0.4 is 0 Å². The number of nitrogens with zero attached hydrogens (tertiary/aromatic N) is 2. The summed E-state index contributed by atoms with van der Waals surface area (Å²) < 4.78 is 54.6. The highest BCUT2D eigenvalue weighted by Gasteiger charge is 2.35. The van der Waals surface area contributed by atoms with Gasteiger partial charge in [-0.2, -0.15) is 13.2 Å². The summed E-state index contributed by atoms with van der Waals surface area (Å²) in [5.74, 6) is 0. The van der Waals surface area contributed by atoms with Crippen molar-refractivity contribution in [2.24, 2.45) is 0 Å². The van der Waals surface area contributed by atoms with Crippen LogP contribution >= 0.6 is 0 Å². The predicted molar refractivity (Wildman–Crippen MR) is 95.0 cm³/mol. The van der Waals surface area contributed by atoms with Gasteiger partial charge in [-0.1, -0.05) is 31.2 Å². The standard InChI is InChI=1S/C19H17F3N2OS/c1-2-23-10-13-6-5-8-16-18(13)14(11-23)12-24(16)26(25)17-9-4-3-7-15(17)19(20,21)22/h3-9,12H,2,10-11H2,1H3. The van der Waals surface area contributed by atoms with Crippen molar-refractivity contribution in [2.45, 2.75) is 31.1 Å². The summed E-state index contributed by atoms with van der Waals surface area (Å²) in [7, 11) is -1.98. The van der Waals surface area contributed by atoms with E-state index >= 15 is 0 Å². The van der Waals surface area contributed by atoms with Crippen molar-refractivity contribution in [3.63, 3.8) is 0 Å². The number of alkyl halides is 3. The zero-order valence-electron chi connectivity index (χ0n) is 14.1. The summed E-state index contributed by atoms with van der Waals surface area (Å²) in [6.07, 6.45) is -2.81. The van der Waals surface area contributed by atoms with Gasteiger partial charge in [0.1, 0.15) is 0 Å². The molecule has 2 heterocycles. The van der Waals surface area contributed by atoms with Crippen molar-refractivity contribution in [1.82, 2.24) is 8.87 Å². The van der Waals surface area contributed by atoms with Crippen LogP contribution in [0.4, 0.5) is 13.2 Å². The molecule has 0 saturated carbocycles. The molecule has 0 aliphatic carbocycles. The Morgan fingerprint density at radius 1 is 1.04 bits per heavy atom. The Balaban J connectivity index is 1.88. The molecule has 0 spiro atoms. The molecule has 1 unspecified atom stereocenters. The van der Waals surface area contributed by atoms with Crippen LogP contribution in [-0.2, 0) is 30.3 Å². The summed E-state index contributed by atoms with van der Waals surface area (Å²) in [6.45, 7) is 4.44. The fourth-order valence-electron chi connectivity index (χ4n) is 3.53. The molecule has 0 bridgehead atoms. The van der Waals surface area contributed by atoms with E-state index in [4.69, 9.17) is 0 Å². The molecular weight excluding hydrogens is 361 g/mol. The van der Waals surface area contributed by atoms with Crippen LogP contribution in [0.25, 0.3) is 10.9 Å². The van der Waals surface area contributed by atoms with E-state index < -0.39 is 22.7 Å². The van der Waals surface area contributed by atoms with Gasteiger partial charge >= 0.3 is 6.18 Å². The third-order valence-electron chi connectivity index (χ3n) is 4.75. The minimum absolute atomic E-state index is 0.222. The SMILES string of the molecule is CCN1Cc2cccc3c2c(cn3S(=O)c2ccccc2C(F)(F)F)C1. The first kappa shape index (κ1) is 17.3. The quantitative estimate of drug-likeness (QED) is 0.667. The second kappa shape index (κ2) is 6.25. The van der Waals surface area contributed by atoms with Crippen LogP contribution in [0.15, 0.2) is 53.6 Å². The maximum Gasteiger partial charge on any atom is 0.417 e. The van der Waals surface area contributed by atoms with Crippen LogP contribution in [0.2, 0.25) is 0 Å². The number of rotatable bonds is 3. The molecule has 0 saturated heterocycles. The zero-order chi connectivity index (χ0) is 18.5. The van der Waals surface area contributed by atoms with Gasteiger partial charge in [-0.25, -0.2) is 4.21 Å². The average molecular weight is 378 g/mol. The van der Waals surface area contributed by atoms with Crippen LogP contribution in [0, 0.1) is 0 Å². The van der Waals surface area contributed by atoms with Crippen molar-refractivity contribution < 1.29 is 17.4 Å². The third kappa shape index (κ3) is 2.75. The summed E-state index contributed by atoms with van der Waals surface area (Å²) in [5.41, 5.74) is 1.97. The number of halogens is 3.